The number of likely N-dealkylation sites (tertiary alicyclic amines) is 1. The number of hydrogen-bond donors (Lipinski definition) is 0. The fourth-order valence-corrected chi connectivity index (χ4v) is 4.58. The molecule has 112 valence electrons. The van der Waals surface area contributed by atoms with Crippen LogP contribution < -0.4 is 0 Å². The Balaban J connectivity index is 2.08. The Hall–Kier alpha value is -0.170. The topological polar surface area (TPSA) is 49.9 Å². The molecule has 1 spiro atoms. The number of rotatable bonds is 3. The van der Waals surface area contributed by atoms with Crippen molar-refractivity contribution < 1.29 is 13.2 Å². The highest BCUT2D eigenvalue weighted by Gasteiger charge is 2.42. The largest absolute Gasteiger partial charge is 0.375 e. The molecule has 0 aliphatic carbocycles. The van der Waals surface area contributed by atoms with Crippen molar-refractivity contribution in [3.8, 4) is 0 Å². The molecule has 2 saturated heterocycles. The molecular weight excluding hydrogens is 264 g/mol. The predicted molar refractivity (Wildman–Crippen MR) is 75.7 cm³/mol. The van der Waals surface area contributed by atoms with E-state index in [1.54, 1.807) is 4.31 Å². The summed E-state index contributed by atoms with van der Waals surface area (Å²) in [4.78, 5) is 2.31. The van der Waals surface area contributed by atoms with Gasteiger partial charge in [-0.1, -0.05) is 6.92 Å². The van der Waals surface area contributed by atoms with E-state index in [-0.39, 0.29) is 11.6 Å². The van der Waals surface area contributed by atoms with Crippen LogP contribution in [0.2, 0.25) is 0 Å². The Labute approximate surface area is 117 Å². The molecule has 0 bridgehead atoms. The summed E-state index contributed by atoms with van der Waals surface area (Å²) in [6, 6.07) is 0.108. The van der Waals surface area contributed by atoms with E-state index in [2.05, 4.69) is 11.9 Å². The Kier molecular flexibility index (Phi) is 4.55. The van der Waals surface area contributed by atoms with Crippen molar-refractivity contribution in [1.82, 2.24) is 9.21 Å². The zero-order chi connectivity index (χ0) is 14.1. The maximum absolute atomic E-state index is 11.9. The highest BCUT2D eigenvalue weighted by molar-refractivity contribution is 7.88. The Bertz CT molecular complexity index is 402. The second-order valence-electron chi connectivity index (χ2n) is 5.95. The molecule has 0 amide bonds. The monoisotopic (exact) mass is 290 g/mol. The minimum absolute atomic E-state index is 0.0897. The lowest BCUT2D eigenvalue weighted by Crippen LogP contribution is -2.54. The van der Waals surface area contributed by atoms with E-state index in [1.165, 1.54) is 6.26 Å². The Morgan fingerprint density at radius 3 is 2.53 bits per heavy atom. The molecular formula is C13H26N2O3S. The summed E-state index contributed by atoms with van der Waals surface area (Å²) in [5, 5.41) is 0. The van der Waals surface area contributed by atoms with E-state index in [0.29, 0.717) is 13.2 Å². The second kappa shape index (κ2) is 5.68. The van der Waals surface area contributed by atoms with Gasteiger partial charge in [0.25, 0.3) is 0 Å². The van der Waals surface area contributed by atoms with Crippen molar-refractivity contribution in [2.45, 2.75) is 44.2 Å². The fraction of sp³-hybridized carbons (Fsp3) is 1.00. The third-order valence-electron chi connectivity index (χ3n) is 4.51. The van der Waals surface area contributed by atoms with E-state index in [1.807, 2.05) is 6.92 Å². The lowest BCUT2D eigenvalue weighted by atomic mass is 9.82. The van der Waals surface area contributed by atoms with Crippen molar-refractivity contribution in [2.24, 2.45) is 0 Å². The number of ether oxygens (including phenoxy) is 1. The molecule has 2 fully saturated rings. The van der Waals surface area contributed by atoms with Crippen LogP contribution in [0.3, 0.4) is 0 Å². The van der Waals surface area contributed by atoms with Crippen LogP contribution in [0.15, 0.2) is 0 Å². The third-order valence-corrected chi connectivity index (χ3v) is 5.92. The van der Waals surface area contributed by atoms with Crippen LogP contribution in [0.5, 0.6) is 0 Å². The van der Waals surface area contributed by atoms with Gasteiger partial charge in [-0.3, -0.25) is 0 Å². The first-order valence-corrected chi connectivity index (χ1v) is 9.00. The summed E-state index contributed by atoms with van der Waals surface area (Å²) in [5.41, 5.74) is -0.0897. The molecule has 0 radical (unpaired) electrons. The van der Waals surface area contributed by atoms with Gasteiger partial charge < -0.3 is 9.64 Å². The minimum Gasteiger partial charge on any atom is -0.375 e. The molecule has 0 N–H and O–H groups in total. The average Bonchev–Trinajstić information content (AvgIpc) is 2.33. The highest BCUT2D eigenvalue weighted by Crippen LogP contribution is 2.36. The van der Waals surface area contributed by atoms with Gasteiger partial charge in [-0.2, -0.15) is 4.31 Å². The molecule has 1 atom stereocenters. The normalized spacial score (nSPS) is 28.9. The summed E-state index contributed by atoms with van der Waals surface area (Å²) in [7, 11) is -0.986. The molecule has 0 saturated carbocycles. The molecule has 6 heteroatoms. The van der Waals surface area contributed by atoms with Gasteiger partial charge in [0.05, 0.1) is 11.9 Å². The molecule has 2 heterocycles. The van der Waals surface area contributed by atoms with Gasteiger partial charge >= 0.3 is 0 Å². The minimum atomic E-state index is -3.11. The van der Waals surface area contributed by atoms with Gasteiger partial charge in [0.1, 0.15) is 0 Å². The van der Waals surface area contributed by atoms with Gasteiger partial charge in [-0.05, 0) is 32.7 Å². The first kappa shape index (κ1) is 15.2. The maximum atomic E-state index is 11.9. The number of hydrogen-bond acceptors (Lipinski definition) is 4. The number of nitrogens with zero attached hydrogens (tertiary/aromatic N) is 2. The van der Waals surface area contributed by atoms with Crippen LogP contribution in [-0.2, 0) is 14.8 Å². The fourth-order valence-electron chi connectivity index (χ4n) is 3.39. The van der Waals surface area contributed by atoms with Crippen molar-refractivity contribution >= 4 is 10.0 Å². The van der Waals surface area contributed by atoms with E-state index in [4.69, 9.17) is 4.74 Å². The standard InChI is InChI=1S/C13H26N2O3S/c1-4-15(19(3,16)17)12-5-10-18-13(11-12)6-8-14(2)9-7-13/h12H,4-11H2,1-3H3/t12-/m0/s1. The molecule has 19 heavy (non-hydrogen) atoms. The van der Waals surface area contributed by atoms with Crippen molar-refractivity contribution in [1.29, 1.82) is 0 Å². The number of sulfonamides is 1. The van der Waals surface area contributed by atoms with E-state index < -0.39 is 10.0 Å². The molecule has 2 aliphatic heterocycles. The first-order chi connectivity index (χ1) is 8.86. The summed E-state index contributed by atoms with van der Waals surface area (Å²) in [6.07, 6.45) is 5.01. The van der Waals surface area contributed by atoms with Crippen LogP contribution in [0.1, 0.15) is 32.6 Å². The lowest BCUT2D eigenvalue weighted by Gasteiger charge is -2.47. The quantitative estimate of drug-likeness (QED) is 0.775. The van der Waals surface area contributed by atoms with Crippen molar-refractivity contribution in [2.75, 3.05) is 39.5 Å². The molecule has 0 unspecified atom stereocenters. The van der Waals surface area contributed by atoms with Gasteiger partial charge in [0.2, 0.25) is 10.0 Å². The van der Waals surface area contributed by atoms with E-state index in [0.717, 1.165) is 38.8 Å². The third kappa shape index (κ3) is 3.48. The summed E-state index contributed by atoms with van der Waals surface area (Å²) in [6.45, 7) is 5.23. The highest BCUT2D eigenvalue weighted by atomic mass is 32.2. The molecule has 0 aromatic heterocycles. The summed E-state index contributed by atoms with van der Waals surface area (Å²) in [5.74, 6) is 0. The van der Waals surface area contributed by atoms with Gasteiger partial charge in [0.15, 0.2) is 0 Å². The maximum Gasteiger partial charge on any atom is 0.211 e. The van der Waals surface area contributed by atoms with E-state index >= 15 is 0 Å². The van der Waals surface area contributed by atoms with Crippen molar-refractivity contribution in [3.05, 3.63) is 0 Å². The van der Waals surface area contributed by atoms with Crippen LogP contribution in [0.4, 0.5) is 0 Å². The molecule has 0 aromatic carbocycles. The zero-order valence-electron chi connectivity index (χ0n) is 12.3. The van der Waals surface area contributed by atoms with Crippen LogP contribution >= 0.6 is 0 Å². The molecule has 0 aromatic rings. The predicted octanol–water partition coefficient (Wildman–Crippen LogP) is 0.911. The zero-order valence-corrected chi connectivity index (χ0v) is 13.1. The van der Waals surface area contributed by atoms with Crippen LogP contribution in [0.25, 0.3) is 0 Å². The average molecular weight is 290 g/mol. The molecule has 2 aliphatic rings. The van der Waals surface area contributed by atoms with Crippen molar-refractivity contribution in [3.63, 3.8) is 0 Å². The number of piperidine rings is 1. The van der Waals surface area contributed by atoms with Gasteiger partial charge in [0, 0.05) is 32.3 Å². The summed E-state index contributed by atoms with van der Waals surface area (Å²) < 4.78 is 31.4. The van der Waals surface area contributed by atoms with E-state index in [9.17, 15) is 8.42 Å². The SMILES string of the molecule is CCN([C@H]1CCOC2(CCN(C)CC2)C1)S(C)(=O)=O. The molecule has 5 nitrogen and oxygen atoms in total. The van der Waals surface area contributed by atoms with Gasteiger partial charge in [-0.25, -0.2) is 8.42 Å². The summed E-state index contributed by atoms with van der Waals surface area (Å²) >= 11 is 0. The Morgan fingerprint density at radius 2 is 2.00 bits per heavy atom. The molecule has 2 rings (SSSR count). The lowest BCUT2D eigenvalue weighted by molar-refractivity contribution is -0.124. The smallest absolute Gasteiger partial charge is 0.211 e. The van der Waals surface area contributed by atoms with Crippen LogP contribution in [-0.4, -0.2) is 68.8 Å². The Morgan fingerprint density at radius 1 is 1.37 bits per heavy atom. The van der Waals surface area contributed by atoms with Crippen LogP contribution in [0, 0.1) is 0 Å². The second-order valence-corrected chi connectivity index (χ2v) is 7.88. The first-order valence-electron chi connectivity index (χ1n) is 7.16. The van der Waals surface area contributed by atoms with Gasteiger partial charge in [-0.15, -0.1) is 0 Å².